The largest absolute Gasteiger partial charge is 0.350 e. The Labute approximate surface area is 162 Å². The van der Waals surface area contributed by atoms with Gasteiger partial charge < -0.3 is 10.6 Å². The maximum absolute atomic E-state index is 12.4. The highest BCUT2D eigenvalue weighted by Gasteiger charge is 2.09. The number of carbonyl (C=O) groups is 2. The predicted molar refractivity (Wildman–Crippen MR) is 108 cm³/mol. The Morgan fingerprint density at radius 3 is 2.50 bits per heavy atom. The Morgan fingerprint density at radius 2 is 1.79 bits per heavy atom. The van der Waals surface area contributed by atoms with E-state index in [1.165, 1.54) is 0 Å². The van der Waals surface area contributed by atoms with E-state index in [2.05, 4.69) is 15.7 Å². The lowest BCUT2D eigenvalue weighted by Gasteiger charge is -2.10. The molecule has 3 rings (SSSR count). The van der Waals surface area contributed by atoms with Crippen LogP contribution in [0, 0.1) is 5.92 Å². The monoisotopic (exact) mass is 378 g/mol. The van der Waals surface area contributed by atoms with E-state index < -0.39 is 0 Å². The number of benzene rings is 2. The molecule has 0 radical (unpaired) electrons. The van der Waals surface area contributed by atoms with Crippen LogP contribution in [0.25, 0.3) is 10.8 Å². The Hall–Kier alpha value is -3.48. The average Bonchev–Trinajstić information content (AvgIpc) is 2.69. The molecule has 2 N–H and O–H groups in total. The lowest BCUT2D eigenvalue weighted by molar-refractivity contribution is -0.122. The van der Waals surface area contributed by atoms with E-state index in [0.29, 0.717) is 17.6 Å². The van der Waals surface area contributed by atoms with Crippen LogP contribution >= 0.6 is 0 Å². The van der Waals surface area contributed by atoms with Gasteiger partial charge in [-0.2, -0.15) is 5.10 Å². The van der Waals surface area contributed by atoms with Crippen molar-refractivity contribution in [1.29, 1.82) is 0 Å². The van der Waals surface area contributed by atoms with Crippen LogP contribution in [0.2, 0.25) is 0 Å². The summed E-state index contributed by atoms with van der Waals surface area (Å²) in [5.41, 5.74) is 1.30. The van der Waals surface area contributed by atoms with Crippen molar-refractivity contribution in [2.75, 3.05) is 5.32 Å². The highest BCUT2D eigenvalue weighted by molar-refractivity contribution is 5.92. The summed E-state index contributed by atoms with van der Waals surface area (Å²) < 4.78 is 1.15. The molecule has 0 aliphatic rings. The first-order chi connectivity index (χ1) is 13.4. The molecule has 7 nitrogen and oxygen atoms in total. The molecule has 0 atom stereocenters. The number of anilines is 1. The Bertz CT molecular complexity index is 1060. The van der Waals surface area contributed by atoms with E-state index >= 15 is 0 Å². The number of hydrogen-bond donors (Lipinski definition) is 2. The van der Waals surface area contributed by atoms with Gasteiger partial charge >= 0.3 is 0 Å². The highest BCUT2D eigenvalue weighted by atomic mass is 16.2. The SMILES string of the molecule is CC(C)C(=O)Nc1ccc(CNC(=O)Cn2ncc3ccccc3c2=O)cc1. The van der Waals surface area contributed by atoms with E-state index in [-0.39, 0.29) is 29.8 Å². The fraction of sp³-hybridized carbons (Fsp3) is 0.238. The van der Waals surface area contributed by atoms with Gasteiger partial charge in [-0.05, 0) is 23.8 Å². The lowest BCUT2D eigenvalue weighted by atomic mass is 10.1. The van der Waals surface area contributed by atoms with Gasteiger partial charge in [0.2, 0.25) is 11.8 Å². The molecule has 2 aromatic carbocycles. The van der Waals surface area contributed by atoms with E-state index in [1.807, 2.05) is 32.0 Å². The molecule has 0 fully saturated rings. The molecular weight excluding hydrogens is 356 g/mol. The molecule has 0 saturated heterocycles. The van der Waals surface area contributed by atoms with Crippen molar-refractivity contribution in [2.45, 2.75) is 26.9 Å². The standard InChI is InChI=1S/C21H22N4O3/c1-14(2)20(27)24-17-9-7-15(8-10-17)11-22-19(26)13-25-21(28)18-6-4-3-5-16(18)12-23-25/h3-10,12,14H,11,13H2,1-2H3,(H,22,26)(H,24,27). The Morgan fingerprint density at radius 1 is 1.07 bits per heavy atom. The summed E-state index contributed by atoms with van der Waals surface area (Å²) in [6, 6.07) is 14.4. The number of nitrogens with zero attached hydrogens (tertiary/aromatic N) is 2. The van der Waals surface area contributed by atoms with Gasteiger partial charge in [-0.25, -0.2) is 4.68 Å². The third kappa shape index (κ3) is 4.62. The second-order valence-electron chi connectivity index (χ2n) is 6.81. The van der Waals surface area contributed by atoms with Crippen molar-refractivity contribution in [3.05, 3.63) is 70.6 Å². The first-order valence-corrected chi connectivity index (χ1v) is 9.05. The van der Waals surface area contributed by atoms with Gasteiger partial charge in [0.05, 0.1) is 11.6 Å². The summed E-state index contributed by atoms with van der Waals surface area (Å²) in [4.78, 5) is 36.3. The van der Waals surface area contributed by atoms with Gasteiger partial charge in [0.15, 0.2) is 0 Å². The first-order valence-electron chi connectivity index (χ1n) is 9.05. The lowest BCUT2D eigenvalue weighted by Crippen LogP contribution is -2.33. The maximum atomic E-state index is 12.4. The molecule has 28 heavy (non-hydrogen) atoms. The molecule has 0 unspecified atom stereocenters. The van der Waals surface area contributed by atoms with Crippen molar-refractivity contribution in [1.82, 2.24) is 15.1 Å². The van der Waals surface area contributed by atoms with E-state index in [4.69, 9.17) is 0 Å². The molecule has 1 aromatic heterocycles. The van der Waals surface area contributed by atoms with Crippen LogP contribution in [0.5, 0.6) is 0 Å². The number of aromatic nitrogens is 2. The van der Waals surface area contributed by atoms with Crippen LogP contribution < -0.4 is 16.2 Å². The minimum Gasteiger partial charge on any atom is -0.350 e. The van der Waals surface area contributed by atoms with E-state index in [9.17, 15) is 14.4 Å². The van der Waals surface area contributed by atoms with Crippen molar-refractivity contribution in [3.63, 3.8) is 0 Å². The van der Waals surface area contributed by atoms with Gasteiger partial charge in [-0.1, -0.05) is 44.2 Å². The van der Waals surface area contributed by atoms with Gasteiger partial charge in [0.1, 0.15) is 6.54 Å². The summed E-state index contributed by atoms with van der Waals surface area (Å²) in [5, 5.41) is 10.9. The number of nitrogens with one attached hydrogen (secondary N) is 2. The second kappa shape index (κ2) is 8.47. The summed E-state index contributed by atoms with van der Waals surface area (Å²) in [5.74, 6) is -0.442. The predicted octanol–water partition coefficient (Wildman–Crippen LogP) is 2.31. The van der Waals surface area contributed by atoms with Crippen molar-refractivity contribution in [2.24, 2.45) is 5.92 Å². The van der Waals surface area contributed by atoms with Crippen LogP contribution in [0.15, 0.2) is 59.5 Å². The molecule has 0 aliphatic carbocycles. The average molecular weight is 378 g/mol. The van der Waals surface area contributed by atoms with Crippen molar-refractivity contribution < 1.29 is 9.59 Å². The molecule has 2 amide bonds. The topological polar surface area (TPSA) is 93.1 Å². The van der Waals surface area contributed by atoms with Gasteiger partial charge in [-0.3, -0.25) is 14.4 Å². The van der Waals surface area contributed by atoms with Gasteiger partial charge in [-0.15, -0.1) is 0 Å². The molecule has 3 aromatic rings. The molecule has 0 bridgehead atoms. The third-order valence-electron chi connectivity index (χ3n) is 4.29. The Balaban J connectivity index is 1.58. The quantitative estimate of drug-likeness (QED) is 0.688. The van der Waals surface area contributed by atoms with Crippen LogP contribution in [0.4, 0.5) is 5.69 Å². The fourth-order valence-corrected chi connectivity index (χ4v) is 2.63. The van der Waals surface area contributed by atoms with Crippen LogP contribution in [-0.4, -0.2) is 21.6 Å². The Kier molecular flexibility index (Phi) is 5.84. The number of hydrogen-bond acceptors (Lipinski definition) is 4. The minimum atomic E-state index is -0.304. The molecule has 0 saturated carbocycles. The van der Waals surface area contributed by atoms with Crippen LogP contribution in [0.1, 0.15) is 19.4 Å². The fourth-order valence-electron chi connectivity index (χ4n) is 2.63. The summed E-state index contributed by atoms with van der Waals surface area (Å²) in [6.07, 6.45) is 1.58. The molecule has 7 heteroatoms. The molecule has 1 heterocycles. The number of carbonyl (C=O) groups excluding carboxylic acids is 2. The molecule has 0 spiro atoms. The third-order valence-corrected chi connectivity index (χ3v) is 4.29. The van der Waals surface area contributed by atoms with Gasteiger partial charge in [0, 0.05) is 23.5 Å². The van der Waals surface area contributed by atoms with Gasteiger partial charge in [0.25, 0.3) is 5.56 Å². The molecule has 144 valence electrons. The summed E-state index contributed by atoms with van der Waals surface area (Å²) in [7, 11) is 0. The number of rotatable bonds is 6. The van der Waals surface area contributed by atoms with E-state index in [0.717, 1.165) is 15.6 Å². The van der Waals surface area contributed by atoms with Crippen LogP contribution in [0.3, 0.4) is 0 Å². The normalized spacial score (nSPS) is 10.8. The summed E-state index contributed by atoms with van der Waals surface area (Å²) in [6.45, 7) is 3.83. The maximum Gasteiger partial charge on any atom is 0.275 e. The molecular formula is C21H22N4O3. The number of fused-ring (bicyclic) bond motifs is 1. The zero-order valence-corrected chi connectivity index (χ0v) is 15.8. The second-order valence-corrected chi connectivity index (χ2v) is 6.81. The van der Waals surface area contributed by atoms with E-state index in [1.54, 1.807) is 36.5 Å². The minimum absolute atomic E-state index is 0.0469. The zero-order chi connectivity index (χ0) is 20.1. The number of amides is 2. The summed E-state index contributed by atoms with van der Waals surface area (Å²) >= 11 is 0. The zero-order valence-electron chi connectivity index (χ0n) is 15.8. The first kappa shape index (κ1) is 19.3. The smallest absolute Gasteiger partial charge is 0.275 e. The van der Waals surface area contributed by atoms with Crippen molar-refractivity contribution in [3.8, 4) is 0 Å². The molecule has 0 aliphatic heterocycles. The van der Waals surface area contributed by atoms with Crippen molar-refractivity contribution >= 4 is 28.3 Å². The van der Waals surface area contributed by atoms with Crippen LogP contribution in [-0.2, 0) is 22.7 Å². The highest BCUT2D eigenvalue weighted by Crippen LogP contribution is 2.11.